The largest absolute Gasteiger partial charge is 0.378 e. The topological polar surface area (TPSA) is 97.1 Å². The van der Waals surface area contributed by atoms with Crippen LogP contribution in [0.15, 0.2) is 33.7 Å². The fourth-order valence-electron chi connectivity index (χ4n) is 1.62. The lowest BCUT2D eigenvalue weighted by molar-refractivity contribution is 0.388. The van der Waals surface area contributed by atoms with Crippen LogP contribution in [0.2, 0.25) is 0 Å². The standard InChI is InChI=1S/C12H16N4O3S/c1-3-14-20(17,18)11-6-4-10(5-7-11)13-8-12-15-9(2)19-16-12/h4-7,13-14H,3,8H2,1-2H3. The van der Waals surface area contributed by atoms with Gasteiger partial charge in [-0.1, -0.05) is 12.1 Å². The van der Waals surface area contributed by atoms with Gasteiger partial charge in [-0.3, -0.25) is 0 Å². The van der Waals surface area contributed by atoms with E-state index in [0.29, 0.717) is 24.8 Å². The molecule has 0 aliphatic heterocycles. The summed E-state index contributed by atoms with van der Waals surface area (Å²) in [5.74, 6) is 1.06. The molecule has 0 fully saturated rings. The third-order valence-electron chi connectivity index (χ3n) is 2.52. The van der Waals surface area contributed by atoms with E-state index < -0.39 is 10.0 Å². The zero-order valence-electron chi connectivity index (χ0n) is 11.3. The summed E-state index contributed by atoms with van der Waals surface area (Å²) in [5, 5.41) is 6.84. The van der Waals surface area contributed by atoms with Crippen molar-refractivity contribution >= 4 is 15.7 Å². The number of benzene rings is 1. The van der Waals surface area contributed by atoms with Crippen LogP contribution in [0, 0.1) is 6.92 Å². The van der Waals surface area contributed by atoms with Gasteiger partial charge in [0.1, 0.15) is 0 Å². The molecule has 0 bridgehead atoms. The molecule has 0 aliphatic carbocycles. The predicted octanol–water partition coefficient (Wildman–Crippen LogP) is 1.29. The van der Waals surface area contributed by atoms with Crippen LogP contribution in [-0.4, -0.2) is 25.1 Å². The molecule has 1 aromatic heterocycles. The van der Waals surface area contributed by atoms with E-state index in [2.05, 4.69) is 20.2 Å². The van der Waals surface area contributed by atoms with Gasteiger partial charge in [-0.05, 0) is 24.3 Å². The first kappa shape index (κ1) is 14.5. The number of hydrogen-bond acceptors (Lipinski definition) is 6. The summed E-state index contributed by atoms with van der Waals surface area (Å²) < 4.78 is 30.8. The molecule has 1 heterocycles. The number of aryl methyl sites for hydroxylation is 1. The van der Waals surface area contributed by atoms with E-state index >= 15 is 0 Å². The van der Waals surface area contributed by atoms with Crippen LogP contribution in [0.25, 0.3) is 0 Å². The molecule has 2 rings (SSSR count). The average molecular weight is 296 g/mol. The Kier molecular flexibility index (Phi) is 4.35. The van der Waals surface area contributed by atoms with E-state index in [9.17, 15) is 8.42 Å². The lowest BCUT2D eigenvalue weighted by Crippen LogP contribution is -2.23. The van der Waals surface area contributed by atoms with Gasteiger partial charge in [-0.15, -0.1) is 0 Å². The van der Waals surface area contributed by atoms with Gasteiger partial charge in [0.15, 0.2) is 5.82 Å². The number of sulfonamides is 1. The number of hydrogen-bond donors (Lipinski definition) is 2. The van der Waals surface area contributed by atoms with Gasteiger partial charge in [-0.25, -0.2) is 13.1 Å². The predicted molar refractivity (Wildman–Crippen MR) is 73.7 cm³/mol. The molecule has 0 spiro atoms. The molecule has 0 unspecified atom stereocenters. The second kappa shape index (κ2) is 6.02. The lowest BCUT2D eigenvalue weighted by Gasteiger charge is -2.07. The van der Waals surface area contributed by atoms with E-state index in [1.54, 1.807) is 38.1 Å². The normalized spacial score (nSPS) is 11.5. The monoisotopic (exact) mass is 296 g/mol. The fourth-order valence-corrected chi connectivity index (χ4v) is 2.66. The van der Waals surface area contributed by atoms with Crippen molar-refractivity contribution in [2.24, 2.45) is 0 Å². The van der Waals surface area contributed by atoms with Crippen molar-refractivity contribution in [3.63, 3.8) is 0 Å². The number of nitrogens with zero attached hydrogens (tertiary/aromatic N) is 2. The number of rotatable bonds is 6. The van der Waals surface area contributed by atoms with Gasteiger partial charge in [-0.2, -0.15) is 4.98 Å². The van der Waals surface area contributed by atoms with Crippen LogP contribution in [0.1, 0.15) is 18.6 Å². The first-order valence-electron chi connectivity index (χ1n) is 6.14. The molecule has 20 heavy (non-hydrogen) atoms. The smallest absolute Gasteiger partial charge is 0.240 e. The van der Waals surface area contributed by atoms with E-state index in [0.717, 1.165) is 5.69 Å². The highest BCUT2D eigenvalue weighted by Crippen LogP contribution is 2.14. The molecule has 7 nitrogen and oxygen atoms in total. The molecule has 0 aliphatic rings. The average Bonchev–Trinajstić information content (AvgIpc) is 2.83. The summed E-state index contributed by atoms with van der Waals surface area (Å²) >= 11 is 0. The van der Waals surface area contributed by atoms with Crippen molar-refractivity contribution in [3.8, 4) is 0 Å². The highest BCUT2D eigenvalue weighted by atomic mass is 32.2. The number of aromatic nitrogens is 2. The minimum absolute atomic E-state index is 0.236. The quantitative estimate of drug-likeness (QED) is 0.833. The summed E-state index contributed by atoms with van der Waals surface area (Å²) in [5.41, 5.74) is 0.780. The Morgan fingerprint density at radius 3 is 2.50 bits per heavy atom. The molecule has 2 N–H and O–H groups in total. The molecule has 0 radical (unpaired) electrons. The Labute approximate surface area is 117 Å². The van der Waals surface area contributed by atoms with Crippen LogP contribution in [0.5, 0.6) is 0 Å². The van der Waals surface area contributed by atoms with Gasteiger partial charge in [0, 0.05) is 19.2 Å². The maximum absolute atomic E-state index is 11.8. The minimum Gasteiger partial charge on any atom is -0.378 e. The van der Waals surface area contributed by atoms with Crippen LogP contribution in [0.4, 0.5) is 5.69 Å². The maximum atomic E-state index is 11.8. The first-order valence-corrected chi connectivity index (χ1v) is 7.62. The van der Waals surface area contributed by atoms with Crippen molar-refractivity contribution in [2.75, 3.05) is 11.9 Å². The second-order valence-corrected chi connectivity index (χ2v) is 5.88. The Morgan fingerprint density at radius 1 is 1.25 bits per heavy atom. The Balaban J connectivity index is 2.01. The van der Waals surface area contributed by atoms with Crippen molar-refractivity contribution in [3.05, 3.63) is 36.0 Å². The second-order valence-electron chi connectivity index (χ2n) is 4.11. The summed E-state index contributed by atoms with van der Waals surface area (Å²) in [6.45, 7) is 4.23. The molecule has 108 valence electrons. The number of anilines is 1. The fraction of sp³-hybridized carbons (Fsp3) is 0.333. The van der Waals surface area contributed by atoms with Gasteiger partial charge in [0.05, 0.1) is 11.4 Å². The van der Waals surface area contributed by atoms with Gasteiger partial charge >= 0.3 is 0 Å². The molecule has 0 atom stereocenters. The summed E-state index contributed by atoms with van der Waals surface area (Å²) in [7, 11) is -3.41. The highest BCUT2D eigenvalue weighted by Gasteiger charge is 2.11. The van der Waals surface area contributed by atoms with Crippen LogP contribution >= 0.6 is 0 Å². The number of nitrogens with one attached hydrogen (secondary N) is 2. The molecule has 0 saturated carbocycles. The Morgan fingerprint density at radius 2 is 1.95 bits per heavy atom. The third-order valence-corrected chi connectivity index (χ3v) is 4.08. The maximum Gasteiger partial charge on any atom is 0.240 e. The van der Waals surface area contributed by atoms with Gasteiger partial charge < -0.3 is 9.84 Å². The van der Waals surface area contributed by atoms with Crippen molar-refractivity contribution < 1.29 is 12.9 Å². The van der Waals surface area contributed by atoms with Crippen molar-refractivity contribution in [1.82, 2.24) is 14.9 Å². The van der Waals surface area contributed by atoms with E-state index in [4.69, 9.17) is 4.52 Å². The SMILES string of the molecule is CCNS(=O)(=O)c1ccc(NCc2noc(C)n2)cc1. The Hall–Kier alpha value is -1.93. The molecular weight excluding hydrogens is 280 g/mol. The Bertz CT molecular complexity index is 664. The summed E-state index contributed by atoms with van der Waals surface area (Å²) in [6, 6.07) is 6.47. The lowest BCUT2D eigenvalue weighted by atomic mass is 10.3. The van der Waals surface area contributed by atoms with Crippen LogP contribution < -0.4 is 10.0 Å². The molecular formula is C12H16N4O3S. The third kappa shape index (κ3) is 3.55. The highest BCUT2D eigenvalue weighted by molar-refractivity contribution is 7.89. The van der Waals surface area contributed by atoms with E-state index in [1.165, 1.54) is 0 Å². The minimum atomic E-state index is -3.41. The van der Waals surface area contributed by atoms with Gasteiger partial charge in [0.2, 0.25) is 15.9 Å². The van der Waals surface area contributed by atoms with Crippen LogP contribution in [-0.2, 0) is 16.6 Å². The summed E-state index contributed by atoms with van der Waals surface area (Å²) in [4.78, 5) is 4.30. The van der Waals surface area contributed by atoms with Crippen molar-refractivity contribution in [2.45, 2.75) is 25.3 Å². The molecule has 0 amide bonds. The zero-order chi connectivity index (χ0) is 14.6. The van der Waals surface area contributed by atoms with Gasteiger partial charge in [0.25, 0.3) is 0 Å². The van der Waals surface area contributed by atoms with Crippen LogP contribution in [0.3, 0.4) is 0 Å². The molecule has 1 aromatic carbocycles. The van der Waals surface area contributed by atoms with E-state index in [-0.39, 0.29) is 4.90 Å². The first-order chi connectivity index (χ1) is 9.51. The van der Waals surface area contributed by atoms with Crippen molar-refractivity contribution in [1.29, 1.82) is 0 Å². The molecule has 2 aromatic rings. The molecule has 8 heteroatoms. The van der Waals surface area contributed by atoms with E-state index in [1.807, 2.05) is 0 Å². The zero-order valence-corrected chi connectivity index (χ0v) is 12.1. The molecule has 0 saturated heterocycles. The summed E-state index contributed by atoms with van der Waals surface area (Å²) in [6.07, 6.45) is 0.